The molecule has 7 heteroatoms. The molecule has 138 valence electrons. The summed E-state index contributed by atoms with van der Waals surface area (Å²) in [6, 6.07) is 7.06. The zero-order valence-corrected chi connectivity index (χ0v) is 15.4. The summed E-state index contributed by atoms with van der Waals surface area (Å²) in [5.74, 6) is 0.123. The molecule has 25 heavy (non-hydrogen) atoms. The maximum absolute atomic E-state index is 12.6. The van der Waals surface area contributed by atoms with Crippen molar-refractivity contribution in [3.05, 3.63) is 29.8 Å². The normalized spacial score (nSPS) is 22.3. The second-order valence-corrected chi connectivity index (χ2v) is 8.94. The van der Waals surface area contributed by atoms with E-state index in [9.17, 15) is 13.2 Å². The minimum absolute atomic E-state index is 0.100. The van der Waals surface area contributed by atoms with E-state index in [0.717, 1.165) is 37.8 Å². The predicted octanol–water partition coefficient (Wildman–Crippen LogP) is 1.35. The number of carbonyl (C=O) groups is 1. The average Bonchev–Trinajstić information content (AvgIpc) is 3.07. The number of nitrogens with zero attached hydrogens (tertiary/aromatic N) is 2. The highest BCUT2D eigenvalue weighted by molar-refractivity contribution is 7.89. The van der Waals surface area contributed by atoms with Gasteiger partial charge in [0.15, 0.2) is 0 Å². The van der Waals surface area contributed by atoms with E-state index in [1.54, 1.807) is 16.4 Å². The molecule has 2 aliphatic heterocycles. The summed E-state index contributed by atoms with van der Waals surface area (Å²) >= 11 is 0. The molecule has 1 aromatic rings. The van der Waals surface area contributed by atoms with Gasteiger partial charge in [0, 0.05) is 38.6 Å². The van der Waals surface area contributed by atoms with Gasteiger partial charge < -0.3 is 10.6 Å². The van der Waals surface area contributed by atoms with Gasteiger partial charge >= 0.3 is 0 Å². The van der Waals surface area contributed by atoms with Crippen LogP contribution in [0.4, 0.5) is 0 Å². The van der Waals surface area contributed by atoms with Crippen molar-refractivity contribution in [3.63, 3.8) is 0 Å². The fraction of sp³-hybridized carbons (Fsp3) is 0.611. The first-order valence-corrected chi connectivity index (χ1v) is 10.5. The van der Waals surface area contributed by atoms with Crippen molar-refractivity contribution in [3.8, 4) is 0 Å². The Morgan fingerprint density at radius 1 is 1.08 bits per heavy atom. The van der Waals surface area contributed by atoms with E-state index >= 15 is 0 Å². The van der Waals surface area contributed by atoms with Gasteiger partial charge in [0.25, 0.3) is 0 Å². The maximum atomic E-state index is 12.6. The molecule has 0 spiro atoms. The van der Waals surface area contributed by atoms with Crippen LogP contribution in [0, 0.1) is 0 Å². The Hall–Kier alpha value is -1.44. The summed E-state index contributed by atoms with van der Waals surface area (Å²) < 4.78 is 26.8. The molecule has 2 heterocycles. The van der Waals surface area contributed by atoms with Gasteiger partial charge in [-0.25, -0.2) is 8.42 Å². The van der Waals surface area contributed by atoms with Crippen molar-refractivity contribution in [2.75, 3.05) is 26.2 Å². The predicted molar refractivity (Wildman–Crippen MR) is 96.5 cm³/mol. The highest BCUT2D eigenvalue weighted by Crippen LogP contribution is 2.21. The average molecular weight is 365 g/mol. The van der Waals surface area contributed by atoms with Gasteiger partial charge in [0.05, 0.1) is 4.90 Å². The lowest BCUT2D eigenvalue weighted by molar-refractivity contribution is -0.130. The zero-order chi connectivity index (χ0) is 17.9. The summed E-state index contributed by atoms with van der Waals surface area (Å²) in [4.78, 5) is 14.3. The second-order valence-electron chi connectivity index (χ2n) is 7.00. The molecule has 0 bridgehead atoms. The summed E-state index contributed by atoms with van der Waals surface area (Å²) in [5.41, 5.74) is 6.82. The van der Waals surface area contributed by atoms with Crippen LogP contribution in [0.25, 0.3) is 0 Å². The van der Waals surface area contributed by atoms with E-state index in [-0.39, 0.29) is 11.9 Å². The number of benzene rings is 1. The molecule has 0 radical (unpaired) electrons. The maximum Gasteiger partial charge on any atom is 0.243 e. The van der Waals surface area contributed by atoms with Crippen molar-refractivity contribution >= 4 is 15.9 Å². The van der Waals surface area contributed by atoms with Crippen molar-refractivity contribution < 1.29 is 13.2 Å². The topological polar surface area (TPSA) is 83.7 Å². The van der Waals surface area contributed by atoms with Crippen LogP contribution in [0.2, 0.25) is 0 Å². The Morgan fingerprint density at radius 3 is 2.36 bits per heavy atom. The van der Waals surface area contributed by atoms with Crippen LogP contribution < -0.4 is 5.73 Å². The summed E-state index contributed by atoms with van der Waals surface area (Å²) in [5, 5.41) is 0. The number of amides is 1. The fourth-order valence-electron chi connectivity index (χ4n) is 3.51. The number of aryl methyl sites for hydroxylation is 1. The Kier molecular flexibility index (Phi) is 5.76. The largest absolute Gasteiger partial charge is 0.341 e. The van der Waals surface area contributed by atoms with Gasteiger partial charge in [0.1, 0.15) is 0 Å². The number of piperidine rings is 1. The van der Waals surface area contributed by atoms with E-state index in [1.165, 1.54) is 0 Å². The molecule has 0 aromatic heterocycles. The van der Waals surface area contributed by atoms with Crippen molar-refractivity contribution in [1.82, 2.24) is 9.21 Å². The molecule has 3 rings (SSSR count). The van der Waals surface area contributed by atoms with Gasteiger partial charge in [-0.15, -0.1) is 0 Å². The molecule has 1 aromatic carbocycles. The Morgan fingerprint density at radius 2 is 1.76 bits per heavy atom. The summed E-state index contributed by atoms with van der Waals surface area (Å²) in [7, 11) is -3.39. The van der Waals surface area contributed by atoms with E-state index in [0.29, 0.717) is 37.4 Å². The first-order chi connectivity index (χ1) is 12.0. The molecule has 2 saturated heterocycles. The Bertz CT molecular complexity index is 697. The van der Waals surface area contributed by atoms with E-state index in [2.05, 4.69) is 0 Å². The highest BCUT2D eigenvalue weighted by atomic mass is 32.2. The van der Waals surface area contributed by atoms with Gasteiger partial charge in [-0.1, -0.05) is 18.6 Å². The number of hydrogen-bond acceptors (Lipinski definition) is 4. The zero-order valence-electron chi connectivity index (χ0n) is 14.6. The minimum atomic E-state index is -3.39. The summed E-state index contributed by atoms with van der Waals surface area (Å²) in [6.07, 6.45) is 4.88. The van der Waals surface area contributed by atoms with Crippen LogP contribution in [0.5, 0.6) is 0 Å². The van der Waals surface area contributed by atoms with E-state index in [4.69, 9.17) is 5.73 Å². The van der Waals surface area contributed by atoms with Crippen molar-refractivity contribution in [1.29, 1.82) is 0 Å². The number of nitrogens with two attached hydrogens (primary N) is 1. The lowest BCUT2D eigenvalue weighted by Crippen LogP contribution is -2.35. The van der Waals surface area contributed by atoms with Crippen LogP contribution in [-0.2, 0) is 21.2 Å². The number of rotatable bonds is 5. The van der Waals surface area contributed by atoms with Crippen LogP contribution in [-0.4, -0.2) is 55.8 Å². The monoisotopic (exact) mass is 365 g/mol. The van der Waals surface area contributed by atoms with Crippen LogP contribution in [0.1, 0.15) is 37.7 Å². The van der Waals surface area contributed by atoms with E-state index < -0.39 is 10.0 Å². The molecule has 2 aliphatic rings. The van der Waals surface area contributed by atoms with Crippen LogP contribution in [0.3, 0.4) is 0 Å². The number of sulfonamides is 1. The molecule has 2 N–H and O–H groups in total. The third-order valence-electron chi connectivity index (χ3n) is 5.08. The fourth-order valence-corrected chi connectivity index (χ4v) is 5.02. The second kappa shape index (κ2) is 7.85. The van der Waals surface area contributed by atoms with Gasteiger partial charge in [-0.3, -0.25) is 4.79 Å². The first kappa shape index (κ1) is 18.4. The van der Waals surface area contributed by atoms with Gasteiger partial charge in [-0.2, -0.15) is 4.31 Å². The number of hydrogen-bond donors (Lipinski definition) is 1. The lowest BCUT2D eigenvalue weighted by Gasteiger charge is -2.25. The standard InChI is InChI=1S/C18H27N3O3S/c19-16-10-13-20(14-16)18(22)9-6-15-4-7-17(8-5-15)25(23,24)21-11-2-1-3-12-21/h4-5,7-8,16H,1-3,6,9-14,19H2/t16-/m1/s1. The lowest BCUT2D eigenvalue weighted by atomic mass is 10.1. The molecular formula is C18H27N3O3S. The molecule has 6 nitrogen and oxygen atoms in total. The van der Waals surface area contributed by atoms with E-state index in [1.807, 2.05) is 17.0 Å². The highest BCUT2D eigenvalue weighted by Gasteiger charge is 2.26. The third-order valence-corrected chi connectivity index (χ3v) is 6.99. The first-order valence-electron chi connectivity index (χ1n) is 9.09. The molecular weight excluding hydrogens is 338 g/mol. The van der Waals surface area contributed by atoms with Gasteiger partial charge in [0.2, 0.25) is 15.9 Å². The molecule has 0 aliphatic carbocycles. The van der Waals surface area contributed by atoms with Gasteiger partial charge in [-0.05, 0) is 43.4 Å². The molecule has 0 unspecified atom stereocenters. The molecule has 0 saturated carbocycles. The number of likely N-dealkylation sites (tertiary alicyclic amines) is 1. The van der Waals surface area contributed by atoms with Crippen molar-refractivity contribution in [2.45, 2.75) is 49.5 Å². The Balaban J connectivity index is 1.57. The SMILES string of the molecule is N[C@@H]1CCN(C(=O)CCc2ccc(S(=O)(=O)N3CCCCC3)cc2)C1. The third kappa shape index (κ3) is 4.40. The molecule has 2 fully saturated rings. The van der Waals surface area contributed by atoms with Crippen LogP contribution >= 0.6 is 0 Å². The molecule has 1 amide bonds. The smallest absolute Gasteiger partial charge is 0.243 e. The molecule has 1 atom stereocenters. The van der Waals surface area contributed by atoms with Crippen LogP contribution in [0.15, 0.2) is 29.2 Å². The number of carbonyl (C=O) groups excluding carboxylic acids is 1. The Labute approximate surface area is 150 Å². The summed E-state index contributed by atoms with van der Waals surface area (Å²) in [6.45, 7) is 2.60. The minimum Gasteiger partial charge on any atom is -0.341 e. The quantitative estimate of drug-likeness (QED) is 0.854. The van der Waals surface area contributed by atoms with Crippen molar-refractivity contribution in [2.24, 2.45) is 5.73 Å².